The van der Waals surface area contributed by atoms with Gasteiger partial charge in [0.2, 0.25) is 0 Å². The molecule has 36 heavy (non-hydrogen) atoms. The smallest absolute Gasteiger partial charge is 0.160 e. The van der Waals surface area contributed by atoms with E-state index in [1.807, 2.05) is 30.7 Å². The van der Waals surface area contributed by atoms with Gasteiger partial charge in [0.15, 0.2) is 11.5 Å². The van der Waals surface area contributed by atoms with Crippen LogP contribution >= 0.6 is 11.3 Å². The lowest BCUT2D eigenvalue weighted by Crippen LogP contribution is -2.19. The molecule has 0 unspecified atom stereocenters. The van der Waals surface area contributed by atoms with Crippen molar-refractivity contribution in [1.82, 2.24) is 30.1 Å². The van der Waals surface area contributed by atoms with Gasteiger partial charge < -0.3 is 9.72 Å². The van der Waals surface area contributed by atoms with E-state index in [9.17, 15) is 0 Å². The van der Waals surface area contributed by atoms with Gasteiger partial charge in [-0.25, -0.2) is 9.97 Å². The number of hydrogen-bond donors (Lipinski definition) is 2. The molecule has 1 fully saturated rings. The van der Waals surface area contributed by atoms with Crippen LogP contribution in [-0.4, -0.2) is 36.2 Å². The fourth-order valence-electron chi connectivity index (χ4n) is 5.06. The molecule has 0 saturated heterocycles. The molecule has 2 N–H and O–H groups in total. The van der Waals surface area contributed by atoms with Crippen LogP contribution in [0.5, 0.6) is 5.75 Å². The summed E-state index contributed by atoms with van der Waals surface area (Å²) in [4.78, 5) is 17.3. The van der Waals surface area contributed by atoms with Crippen molar-refractivity contribution in [3.8, 4) is 39.5 Å². The highest BCUT2D eigenvalue weighted by Crippen LogP contribution is 2.34. The third-order valence-electron chi connectivity index (χ3n) is 6.91. The van der Waals surface area contributed by atoms with E-state index in [-0.39, 0.29) is 0 Å². The first-order valence-corrected chi connectivity index (χ1v) is 13.2. The zero-order valence-corrected chi connectivity index (χ0v) is 20.4. The van der Waals surface area contributed by atoms with Crippen LogP contribution in [0, 0.1) is 0 Å². The molecule has 5 heterocycles. The summed E-state index contributed by atoms with van der Waals surface area (Å²) in [6, 6.07) is 12.5. The lowest BCUT2D eigenvalue weighted by atomic mass is 9.98. The summed E-state index contributed by atoms with van der Waals surface area (Å²) in [5, 5.41) is 12.9. The molecular weight excluding hydrogens is 468 g/mol. The number of nitrogens with one attached hydrogen (secondary N) is 2. The average molecular weight is 493 g/mol. The predicted molar refractivity (Wildman–Crippen MR) is 143 cm³/mol. The molecule has 0 bridgehead atoms. The standard InChI is InChI=1S/C28H24N6OS/c1-2-4-20(5-3-1)35-21-12-19(14-29-15-21)17-6-7-24-23(13-17)26(34-33-24)28-31-25-22(18-9-11-36-16-18)8-10-30-27(25)32-28/h6-16,20H,1-5H2,(H,33,34)(H,30,31,32). The summed E-state index contributed by atoms with van der Waals surface area (Å²) >= 11 is 1.67. The van der Waals surface area contributed by atoms with Gasteiger partial charge in [0.25, 0.3) is 0 Å². The zero-order chi connectivity index (χ0) is 23.9. The monoisotopic (exact) mass is 492 g/mol. The molecule has 0 spiro atoms. The molecule has 7 rings (SSSR count). The van der Waals surface area contributed by atoms with Gasteiger partial charge in [-0.3, -0.25) is 10.1 Å². The fraction of sp³-hybridized carbons (Fsp3) is 0.214. The molecular formula is C28H24N6OS. The number of H-pyrrole nitrogens is 2. The summed E-state index contributed by atoms with van der Waals surface area (Å²) in [7, 11) is 0. The molecule has 1 aliphatic rings. The Morgan fingerprint density at radius 3 is 2.78 bits per heavy atom. The van der Waals surface area contributed by atoms with Crippen molar-refractivity contribution in [3.63, 3.8) is 0 Å². The van der Waals surface area contributed by atoms with E-state index in [4.69, 9.17) is 9.72 Å². The molecule has 0 amide bonds. The molecule has 1 saturated carbocycles. The Morgan fingerprint density at radius 1 is 0.944 bits per heavy atom. The molecule has 8 heteroatoms. The molecule has 5 aromatic heterocycles. The number of pyridine rings is 2. The third-order valence-corrected chi connectivity index (χ3v) is 7.59. The highest BCUT2D eigenvalue weighted by molar-refractivity contribution is 7.08. The second-order valence-corrected chi connectivity index (χ2v) is 10.1. The summed E-state index contributed by atoms with van der Waals surface area (Å²) in [6.07, 6.45) is 11.8. The lowest BCUT2D eigenvalue weighted by molar-refractivity contribution is 0.154. The third kappa shape index (κ3) is 3.83. The number of benzene rings is 1. The highest BCUT2D eigenvalue weighted by Gasteiger charge is 2.18. The van der Waals surface area contributed by atoms with Crippen LogP contribution in [-0.2, 0) is 0 Å². The molecule has 1 aliphatic carbocycles. The maximum absolute atomic E-state index is 6.26. The van der Waals surface area contributed by atoms with Crippen LogP contribution in [0.25, 0.3) is 55.8 Å². The number of aromatic nitrogens is 6. The number of aromatic amines is 2. The normalized spacial score (nSPS) is 14.6. The van der Waals surface area contributed by atoms with Gasteiger partial charge in [-0.2, -0.15) is 16.4 Å². The minimum absolute atomic E-state index is 0.291. The van der Waals surface area contributed by atoms with Crippen molar-refractivity contribution in [1.29, 1.82) is 0 Å². The number of hydrogen-bond acceptors (Lipinski definition) is 6. The molecule has 0 aliphatic heterocycles. The minimum atomic E-state index is 0.291. The average Bonchev–Trinajstić information content (AvgIpc) is 3.68. The molecule has 1 aromatic carbocycles. The van der Waals surface area contributed by atoms with Gasteiger partial charge in [0.05, 0.1) is 17.8 Å². The Labute approximate surface area is 211 Å². The second kappa shape index (κ2) is 8.87. The number of ether oxygens (including phenoxy) is 1. The van der Waals surface area contributed by atoms with E-state index in [1.165, 1.54) is 19.3 Å². The highest BCUT2D eigenvalue weighted by atomic mass is 32.1. The van der Waals surface area contributed by atoms with Gasteiger partial charge in [0.1, 0.15) is 17.0 Å². The minimum Gasteiger partial charge on any atom is -0.489 e. The van der Waals surface area contributed by atoms with Crippen molar-refractivity contribution >= 4 is 33.4 Å². The largest absolute Gasteiger partial charge is 0.489 e. The van der Waals surface area contributed by atoms with Crippen molar-refractivity contribution in [2.24, 2.45) is 0 Å². The molecule has 7 nitrogen and oxygen atoms in total. The van der Waals surface area contributed by atoms with Gasteiger partial charge in [-0.15, -0.1) is 0 Å². The maximum atomic E-state index is 6.26. The summed E-state index contributed by atoms with van der Waals surface area (Å²) in [5.74, 6) is 1.52. The first kappa shape index (κ1) is 21.3. The Balaban J connectivity index is 1.26. The molecule has 6 aromatic rings. The number of nitrogens with zero attached hydrogens (tertiary/aromatic N) is 4. The maximum Gasteiger partial charge on any atom is 0.160 e. The van der Waals surface area contributed by atoms with Crippen LogP contribution in [0.4, 0.5) is 0 Å². The first-order valence-electron chi connectivity index (χ1n) is 12.3. The topological polar surface area (TPSA) is 92.4 Å². The van der Waals surface area contributed by atoms with Gasteiger partial charge in [-0.05, 0) is 77.9 Å². The second-order valence-electron chi connectivity index (χ2n) is 9.27. The summed E-state index contributed by atoms with van der Waals surface area (Å²) < 4.78 is 6.26. The van der Waals surface area contributed by atoms with Crippen LogP contribution in [0.15, 0.2) is 65.7 Å². The molecule has 178 valence electrons. The Bertz CT molecular complexity index is 1660. The number of fused-ring (bicyclic) bond motifs is 2. The quantitative estimate of drug-likeness (QED) is 0.270. The SMILES string of the molecule is c1cc(-c2ccsc2)c2nc(-c3n[nH]c4ccc(-c5cncc(OC6CCCCC6)c5)cc34)[nH]c2n1. The molecule has 0 radical (unpaired) electrons. The van der Waals surface area contributed by atoms with E-state index < -0.39 is 0 Å². The summed E-state index contributed by atoms with van der Waals surface area (Å²) in [6.45, 7) is 0. The van der Waals surface area contributed by atoms with E-state index >= 15 is 0 Å². The Hall–Kier alpha value is -4.04. The first-order chi connectivity index (χ1) is 17.8. The Morgan fingerprint density at radius 2 is 1.89 bits per heavy atom. The fourth-order valence-corrected chi connectivity index (χ4v) is 5.72. The zero-order valence-electron chi connectivity index (χ0n) is 19.6. The van der Waals surface area contributed by atoms with Crippen molar-refractivity contribution in [3.05, 3.63) is 65.7 Å². The molecule has 0 atom stereocenters. The summed E-state index contributed by atoms with van der Waals surface area (Å²) in [5.41, 5.74) is 7.58. The van der Waals surface area contributed by atoms with E-state index in [0.29, 0.717) is 11.9 Å². The van der Waals surface area contributed by atoms with Gasteiger partial charge >= 0.3 is 0 Å². The predicted octanol–water partition coefficient (Wildman–Crippen LogP) is 7.00. The number of rotatable bonds is 5. The van der Waals surface area contributed by atoms with Crippen LogP contribution < -0.4 is 4.74 Å². The number of thiophene rings is 1. The van der Waals surface area contributed by atoms with Gasteiger partial charge in [-0.1, -0.05) is 12.5 Å². The van der Waals surface area contributed by atoms with Crippen LogP contribution in [0.2, 0.25) is 0 Å². The Kier molecular flexibility index (Phi) is 5.24. The van der Waals surface area contributed by atoms with Gasteiger partial charge in [0, 0.05) is 28.9 Å². The van der Waals surface area contributed by atoms with E-state index in [1.54, 1.807) is 11.3 Å². The van der Waals surface area contributed by atoms with E-state index in [2.05, 4.69) is 60.2 Å². The van der Waals surface area contributed by atoms with Crippen LogP contribution in [0.1, 0.15) is 32.1 Å². The number of imidazole rings is 1. The van der Waals surface area contributed by atoms with Crippen molar-refractivity contribution in [2.45, 2.75) is 38.2 Å². The van der Waals surface area contributed by atoms with Crippen molar-refractivity contribution in [2.75, 3.05) is 0 Å². The van der Waals surface area contributed by atoms with Crippen molar-refractivity contribution < 1.29 is 4.74 Å². The van der Waals surface area contributed by atoms with Crippen LogP contribution in [0.3, 0.4) is 0 Å². The lowest BCUT2D eigenvalue weighted by Gasteiger charge is -2.23. The van der Waals surface area contributed by atoms with E-state index in [0.717, 1.165) is 68.6 Å².